The zero-order valence-electron chi connectivity index (χ0n) is 8.44. The summed E-state index contributed by atoms with van der Waals surface area (Å²) in [7, 11) is 0. The molecule has 74 valence electrons. The Morgan fingerprint density at radius 3 is 2.79 bits per heavy atom. The molecule has 1 aromatic carbocycles. The van der Waals surface area contributed by atoms with Crippen molar-refractivity contribution in [3.8, 4) is 0 Å². The van der Waals surface area contributed by atoms with Gasteiger partial charge in [-0.25, -0.2) is 0 Å². The van der Waals surface area contributed by atoms with Crippen LogP contribution in [0.25, 0.3) is 0 Å². The van der Waals surface area contributed by atoms with Crippen LogP contribution >= 0.6 is 0 Å². The van der Waals surface area contributed by atoms with Crippen LogP contribution in [-0.2, 0) is 17.8 Å². The Balaban J connectivity index is 2.29. The molecule has 0 aliphatic carbocycles. The highest BCUT2D eigenvalue weighted by Gasteiger charge is 2.22. The van der Waals surface area contributed by atoms with E-state index in [0.717, 1.165) is 25.8 Å². The molecule has 1 heterocycles. The molecule has 1 aliphatic rings. The lowest BCUT2D eigenvalue weighted by Crippen LogP contribution is -2.38. The number of nitrogens with zero attached hydrogens (tertiary/aromatic N) is 1. The van der Waals surface area contributed by atoms with E-state index in [1.54, 1.807) is 0 Å². The van der Waals surface area contributed by atoms with Crippen molar-refractivity contribution in [3.05, 3.63) is 35.4 Å². The van der Waals surface area contributed by atoms with Crippen molar-refractivity contribution in [2.45, 2.75) is 32.4 Å². The van der Waals surface area contributed by atoms with E-state index in [1.165, 1.54) is 11.1 Å². The van der Waals surface area contributed by atoms with Crippen LogP contribution in [0.4, 0.5) is 0 Å². The number of hydrogen-bond acceptors (Lipinski definition) is 1. The first-order valence-electron chi connectivity index (χ1n) is 5.13. The van der Waals surface area contributed by atoms with E-state index in [0.29, 0.717) is 6.04 Å². The Morgan fingerprint density at radius 2 is 2.14 bits per heavy atom. The number of rotatable bonds is 2. The van der Waals surface area contributed by atoms with Gasteiger partial charge in [-0.3, -0.25) is 4.79 Å². The minimum Gasteiger partial charge on any atom is -0.338 e. The van der Waals surface area contributed by atoms with Crippen LogP contribution in [-0.4, -0.2) is 17.4 Å². The van der Waals surface area contributed by atoms with E-state index < -0.39 is 0 Å². The van der Waals surface area contributed by atoms with Crippen molar-refractivity contribution in [2.24, 2.45) is 0 Å². The Kier molecular flexibility index (Phi) is 2.53. The standard InChI is InChI=1S/C12H15NO/c1-2-12-7-10-5-3-4-6-11(10)8-13(12)9-14/h3-6,9,12H,2,7-8H2,1H3/t12-/m0/s1. The second-order valence-corrected chi connectivity index (χ2v) is 3.81. The average Bonchev–Trinajstić information content (AvgIpc) is 2.27. The van der Waals surface area contributed by atoms with Gasteiger partial charge in [0.05, 0.1) is 0 Å². The molecule has 14 heavy (non-hydrogen) atoms. The molecule has 0 aromatic heterocycles. The Morgan fingerprint density at radius 1 is 1.43 bits per heavy atom. The normalized spacial score (nSPS) is 20.4. The van der Waals surface area contributed by atoms with Crippen molar-refractivity contribution in [1.29, 1.82) is 0 Å². The molecule has 0 N–H and O–H groups in total. The molecule has 1 atom stereocenters. The predicted molar refractivity (Wildman–Crippen MR) is 55.8 cm³/mol. The van der Waals surface area contributed by atoms with Crippen LogP contribution in [0, 0.1) is 0 Å². The fourth-order valence-electron chi connectivity index (χ4n) is 2.11. The Hall–Kier alpha value is -1.31. The van der Waals surface area contributed by atoms with Crippen molar-refractivity contribution in [3.63, 3.8) is 0 Å². The fourth-order valence-corrected chi connectivity index (χ4v) is 2.11. The molecule has 0 saturated carbocycles. The number of hydrogen-bond donors (Lipinski definition) is 0. The van der Waals surface area contributed by atoms with E-state index in [-0.39, 0.29) is 0 Å². The van der Waals surface area contributed by atoms with Crippen LogP contribution in [0.3, 0.4) is 0 Å². The molecule has 1 aliphatic heterocycles. The molecule has 2 nitrogen and oxygen atoms in total. The topological polar surface area (TPSA) is 20.3 Å². The summed E-state index contributed by atoms with van der Waals surface area (Å²) in [5.41, 5.74) is 2.70. The molecule has 0 radical (unpaired) electrons. The first-order chi connectivity index (χ1) is 6.85. The van der Waals surface area contributed by atoms with Gasteiger partial charge in [0.2, 0.25) is 6.41 Å². The second kappa shape index (κ2) is 3.82. The molecule has 1 aromatic rings. The Labute approximate surface area is 84.5 Å². The smallest absolute Gasteiger partial charge is 0.210 e. The summed E-state index contributed by atoms with van der Waals surface area (Å²) in [6.45, 7) is 2.91. The van der Waals surface area contributed by atoms with E-state index >= 15 is 0 Å². The second-order valence-electron chi connectivity index (χ2n) is 3.81. The van der Waals surface area contributed by atoms with Gasteiger partial charge in [0.15, 0.2) is 0 Å². The summed E-state index contributed by atoms with van der Waals surface area (Å²) in [4.78, 5) is 12.8. The summed E-state index contributed by atoms with van der Waals surface area (Å²) in [5.74, 6) is 0. The van der Waals surface area contributed by atoms with Crippen LogP contribution in [0.5, 0.6) is 0 Å². The first kappa shape index (κ1) is 9.25. The highest BCUT2D eigenvalue weighted by atomic mass is 16.1. The van der Waals surface area contributed by atoms with Crippen LogP contribution in [0.1, 0.15) is 24.5 Å². The lowest BCUT2D eigenvalue weighted by atomic mass is 9.93. The van der Waals surface area contributed by atoms with Crippen LogP contribution in [0.15, 0.2) is 24.3 Å². The van der Waals surface area contributed by atoms with E-state index in [1.807, 2.05) is 11.0 Å². The van der Waals surface area contributed by atoms with E-state index in [9.17, 15) is 4.79 Å². The molecule has 1 amide bonds. The molecule has 0 bridgehead atoms. The lowest BCUT2D eigenvalue weighted by Gasteiger charge is -2.33. The number of benzene rings is 1. The van der Waals surface area contributed by atoms with Gasteiger partial charge in [-0.15, -0.1) is 0 Å². The fraction of sp³-hybridized carbons (Fsp3) is 0.417. The van der Waals surface area contributed by atoms with Gasteiger partial charge < -0.3 is 4.90 Å². The molecule has 0 saturated heterocycles. The molecule has 0 spiro atoms. The monoisotopic (exact) mass is 189 g/mol. The highest BCUT2D eigenvalue weighted by Crippen LogP contribution is 2.23. The summed E-state index contributed by atoms with van der Waals surface area (Å²) >= 11 is 0. The van der Waals surface area contributed by atoms with Crippen molar-refractivity contribution >= 4 is 6.41 Å². The van der Waals surface area contributed by atoms with Crippen LogP contribution < -0.4 is 0 Å². The maximum absolute atomic E-state index is 10.9. The quantitative estimate of drug-likeness (QED) is 0.651. The summed E-state index contributed by atoms with van der Waals surface area (Å²) in [6, 6.07) is 8.77. The number of amides is 1. The van der Waals surface area contributed by atoms with Gasteiger partial charge in [-0.05, 0) is 24.0 Å². The third kappa shape index (κ3) is 1.52. The lowest BCUT2D eigenvalue weighted by molar-refractivity contribution is -0.121. The molecule has 0 unspecified atom stereocenters. The number of carbonyl (C=O) groups is 1. The zero-order valence-corrected chi connectivity index (χ0v) is 8.44. The molecule has 2 rings (SSSR count). The molecular weight excluding hydrogens is 174 g/mol. The third-order valence-electron chi connectivity index (χ3n) is 3.00. The first-order valence-corrected chi connectivity index (χ1v) is 5.13. The van der Waals surface area contributed by atoms with Gasteiger partial charge in [0, 0.05) is 12.6 Å². The zero-order chi connectivity index (χ0) is 9.97. The predicted octanol–water partition coefficient (Wildman–Crippen LogP) is 1.98. The van der Waals surface area contributed by atoms with Gasteiger partial charge in [0.25, 0.3) is 0 Å². The highest BCUT2D eigenvalue weighted by molar-refractivity contribution is 5.50. The Bertz CT molecular complexity index is 335. The molecule has 2 heteroatoms. The van der Waals surface area contributed by atoms with Crippen molar-refractivity contribution in [1.82, 2.24) is 4.90 Å². The largest absolute Gasteiger partial charge is 0.338 e. The molecular formula is C12H15NO. The maximum Gasteiger partial charge on any atom is 0.210 e. The summed E-state index contributed by atoms with van der Waals surface area (Å²) in [5, 5.41) is 0. The van der Waals surface area contributed by atoms with Crippen LogP contribution in [0.2, 0.25) is 0 Å². The van der Waals surface area contributed by atoms with Gasteiger partial charge >= 0.3 is 0 Å². The van der Waals surface area contributed by atoms with Gasteiger partial charge in [-0.1, -0.05) is 31.2 Å². The van der Waals surface area contributed by atoms with Crippen molar-refractivity contribution in [2.75, 3.05) is 0 Å². The number of fused-ring (bicyclic) bond motifs is 1. The van der Waals surface area contributed by atoms with Crippen molar-refractivity contribution < 1.29 is 4.79 Å². The summed E-state index contributed by atoms with van der Waals surface area (Å²) < 4.78 is 0. The minimum absolute atomic E-state index is 0.391. The average molecular weight is 189 g/mol. The van der Waals surface area contributed by atoms with Gasteiger partial charge in [0.1, 0.15) is 0 Å². The maximum atomic E-state index is 10.9. The SMILES string of the molecule is CC[C@H]1Cc2ccccc2CN1C=O. The summed E-state index contributed by atoms with van der Waals surface area (Å²) in [6.07, 6.45) is 3.02. The minimum atomic E-state index is 0.391. The van der Waals surface area contributed by atoms with E-state index in [4.69, 9.17) is 0 Å². The van der Waals surface area contributed by atoms with E-state index in [2.05, 4.69) is 25.1 Å². The number of carbonyl (C=O) groups excluding carboxylic acids is 1. The van der Waals surface area contributed by atoms with Gasteiger partial charge in [-0.2, -0.15) is 0 Å². The third-order valence-corrected chi connectivity index (χ3v) is 3.00. The molecule has 0 fully saturated rings.